The second kappa shape index (κ2) is 6.32. The Hall–Kier alpha value is -0.660. The summed E-state index contributed by atoms with van der Waals surface area (Å²) in [6.07, 6.45) is 0. The van der Waals surface area contributed by atoms with Gasteiger partial charge >= 0.3 is 5.97 Å². The maximum Gasteiger partial charge on any atom is 0.321 e. The summed E-state index contributed by atoms with van der Waals surface area (Å²) in [5.41, 5.74) is 5.19. The van der Waals surface area contributed by atoms with Crippen molar-refractivity contribution in [1.82, 2.24) is 0 Å². The van der Waals surface area contributed by atoms with Crippen molar-refractivity contribution >= 4 is 33.7 Å². The molecule has 17 heavy (non-hydrogen) atoms. The molecule has 0 amide bonds. The van der Waals surface area contributed by atoms with Crippen LogP contribution >= 0.6 is 27.7 Å². The maximum atomic E-state index is 13.5. The Bertz CT molecular complexity index is 431. The van der Waals surface area contributed by atoms with Gasteiger partial charge in [-0.3, -0.25) is 4.79 Å². The summed E-state index contributed by atoms with van der Waals surface area (Å²) in [4.78, 5) is 10.4. The third kappa shape index (κ3) is 3.93. The number of carboxylic acids is 1. The van der Waals surface area contributed by atoms with E-state index in [1.807, 2.05) is 0 Å². The van der Waals surface area contributed by atoms with Gasteiger partial charge in [-0.2, -0.15) is 11.8 Å². The molecule has 0 fully saturated rings. The first kappa shape index (κ1) is 14.4. The van der Waals surface area contributed by atoms with Crippen LogP contribution in [0.2, 0.25) is 0 Å². The van der Waals surface area contributed by atoms with Crippen LogP contribution in [0.5, 0.6) is 0 Å². The van der Waals surface area contributed by atoms with Crippen LogP contribution in [0, 0.1) is 11.6 Å². The minimum Gasteiger partial charge on any atom is -0.480 e. The topological polar surface area (TPSA) is 63.3 Å². The zero-order valence-electron chi connectivity index (χ0n) is 8.62. The van der Waals surface area contributed by atoms with Gasteiger partial charge in [0.15, 0.2) is 0 Å². The van der Waals surface area contributed by atoms with Crippen molar-refractivity contribution in [2.24, 2.45) is 5.73 Å². The summed E-state index contributed by atoms with van der Waals surface area (Å²) in [5, 5.41) is 8.54. The molecule has 0 saturated carbocycles. The Balaban J connectivity index is 2.64. The smallest absolute Gasteiger partial charge is 0.321 e. The molecule has 0 heterocycles. The molecule has 1 unspecified atom stereocenters. The van der Waals surface area contributed by atoms with Gasteiger partial charge in [-0.15, -0.1) is 0 Å². The molecular formula is C10H10BrF2NO2S. The first-order chi connectivity index (χ1) is 7.93. The third-order valence-electron chi connectivity index (χ3n) is 2.00. The highest BCUT2D eigenvalue weighted by atomic mass is 79.9. The minimum absolute atomic E-state index is 0.0398. The van der Waals surface area contributed by atoms with Gasteiger partial charge in [-0.1, -0.05) is 0 Å². The fourth-order valence-corrected chi connectivity index (χ4v) is 2.42. The van der Waals surface area contributed by atoms with Gasteiger partial charge < -0.3 is 10.8 Å². The number of aliphatic carboxylic acids is 1. The van der Waals surface area contributed by atoms with E-state index in [4.69, 9.17) is 10.8 Å². The molecule has 0 aromatic heterocycles. The van der Waals surface area contributed by atoms with Crippen molar-refractivity contribution in [2.45, 2.75) is 11.8 Å². The van der Waals surface area contributed by atoms with Gasteiger partial charge in [0.25, 0.3) is 0 Å². The fourth-order valence-electron chi connectivity index (χ4n) is 1.06. The highest BCUT2D eigenvalue weighted by Crippen LogP contribution is 2.25. The van der Waals surface area contributed by atoms with Gasteiger partial charge in [-0.25, -0.2) is 8.78 Å². The largest absolute Gasteiger partial charge is 0.480 e. The SMILES string of the molecule is NC(CSCc1c(F)ccc(Br)c1F)C(=O)O. The number of rotatable bonds is 5. The molecule has 7 heteroatoms. The summed E-state index contributed by atoms with van der Waals surface area (Å²) in [6.45, 7) is 0. The maximum absolute atomic E-state index is 13.5. The molecule has 0 aliphatic rings. The average molecular weight is 326 g/mol. The van der Waals surface area contributed by atoms with E-state index in [0.29, 0.717) is 0 Å². The van der Waals surface area contributed by atoms with Crippen LogP contribution in [0.15, 0.2) is 16.6 Å². The Kier molecular flexibility index (Phi) is 5.35. The standard InChI is InChI=1S/C10H10BrF2NO2S/c11-6-1-2-7(12)5(9(6)13)3-17-4-8(14)10(15)16/h1-2,8H,3-4,14H2,(H,15,16). The minimum atomic E-state index is -1.13. The summed E-state index contributed by atoms with van der Waals surface area (Å²) >= 11 is 4.03. The number of hydrogen-bond acceptors (Lipinski definition) is 3. The Labute approximate surface area is 110 Å². The normalized spacial score (nSPS) is 12.5. The molecule has 1 atom stereocenters. The number of nitrogens with two attached hydrogens (primary N) is 1. The van der Waals surface area contributed by atoms with E-state index in [1.54, 1.807) is 0 Å². The first-order valence-electron chi connectivity index (χ1n) is 4.62. The zero-order valence-corrected chi connectivity index (χ0v) is 11.0. The summed E-state index contributed by atoms with van der Waals surface area (Å²) < 4.78 is 27.0. The van der Waals surface area contributed by atoms with Crippen molar-refractivity contribution in [1.29, 1.82) is 0 Å². The number of carboxylic acid groups (broad SMARTS) is 1. The molecule has 0 aliphatic carbocycles. The van der Waals surface area contributed by atoms with E-state index in [1.165, 1.54) is 6.07 Å². The number of thioether (sulfide) groups is 1. The van der Waals surface area contributed by atoms with Gasteiger partial charge in [0.2, 0.25) is 0 Å². The Morgan fingerprint density at radius 1 is 1.53 bits per heavy atom. The van der Waals surface area contributed by atoms with Crippen molar-refractivity contribution in [3.05, 3.63) is 33.8 Å². The lowest BCUT2D eigenvalue weighted by Gasteiger charge is -2.08. The highest BCUT2D eigenvalue weighted by molar-refractivity contribution is 9.10. The van der Waals surface area contributed by atoms with E-state index in [2.05, 4.69) is 15.9 Å². The van der Waals surface area contributed by atoms with Gasteiger partial charge in [0.05, 0.1) is 4.47 Å². The van der Waals surface area contributed by atoms with Crippen LogP contribution in [0.3, 0.4) is 0 Å². The van der Waals surface area contributed by atoms with E-state index >= 15 is 0 Å². The molecule has 0 bridgehead atoms. The van der Waals surface area contributed by atoms with E-state index in [-0.39, 0.29) is 21.5 Å². The molecule has 0 saturated heterocycles. The highest BCUT2D eigenvalue weighted by Gasteiger charge is 2.15. The third-order valence-corrected chi connectivity index (χ3v) is 3.70. The Morgan fingerprint density at radius 2 is 2.18 bits per heavy atom. The van der Waals surface area contributed by atoms with E-state index in [0.717, 1.165) is 17.8 Å². The van der Waals surface area contributed by atoms with E-state index < -0.39 is 23.6 Å². The lowest BCUT2D eigenvalue weighted by Crippen LogP contribution is -2.32. The van der Waals surface area contributed by atoms with Crippen LogP contribution in [-0.2, 0) is 10.5 Å². The summed E-state index contributed by atoms with van der Waals surface area (Å²) in [6, 6.07) is 1.40. The van der Waals surface area contributed by atoms with Crippen LogP contribution in [0.1, 0.15) is 5.56 Å². The van der Waals surface area contributed by atoms with Gasteiger partial charge in [0.1, 0.15) is 17.7 Å². The molecule has 1 aromatic rings. The lowest BCUT2D eigenvalue weighted by molar-refractivity contribution is -0.137. The van der Waals surface area contributed by atoms with Gasteiger partial charge in [0, 0.05) is 17.1 Å². The molecule has 0 spiro atoms. The first-order valence-corrected chi connectivity index (χ1v) is 6.56. The number of carbonyl (C=O) groups is 1. The molecule has 1 rings (SSSR count). The van der Waals surface area contributed by atoms with Crippen LogP contribution < -0.4 is 5.73 Å². The molecule has 94 valence electrons. The molecular weight excluding hydrogens is 316 g/mol. The summed E-state index contributed by atoms with van der Waals surface area (Å²) in [7, 11) is 0. The molecule has 0 radical (unpaired) electrons. The predicted octanol–water partition coefficient (Wildman–Crippen LogP) is 2.37. The second-order valence-electron chi connectivity index (χ2n) is 3.28. The Morgan fingerprint density at radius 3 is 2.76 bits per heavy atom. The molecule has 0 aliphatic heterocycles. The fraction of sp³-hybridized carbons (Fsp3) is 0.300. The quantitative estimate of drug-likeness (QED) is 0.816. The van der Waals surface area contributed by atoms with Crippen LogP contribution in [-0.4, -0.2) is 22.9 Å². The van der Waals surface area contributed by atoms with Crippen LogP contribution in [0.25, 0.3) is 0 Å². The monoisotopic (exact) mass is 325 g/mol. The number of hydrogen-bond donors (Lipinski definition) is 2. The van der Waals surface area contributed by atoms with Crippen molar-refractivity contribution in [3.63, 3.8) is 0 Å². The summed E-state index contributed by atoms with van der Waals surface area (Å²) in [5.74, 6) is -2.31. The average Bonchev–Trinajstić information content (AvgIpc) is 2.28. The zero-order chi connectivity index (χ0) is 13.0. The lowest BCUT2D eigenvalue weighted by atomic mass is 10.2. The van der Waals surface area contributed by atoms with Crippen molar-refractivity contribution in [2.75, 3.05) is 5.75 Å². The van der Waals surface area contributed by atoms with Crippen LogP contribution in [0.4, 0.5) is 8.78 Å². The van der Waals surface area contributed by atoms with E-state index in [9.17, 15) is 13.6 Å². The molecule has 3 N–H and O–H groups in total. The molecule has 3 nitrogen and oxygen atoms in total. The van der Waals surface area contributed by atoms with Crippen molar-refractivity contribution < 1.29 is 18.7 Å². The second-order valence-corrected chi connectivity index (χ2v) is 5.17. The number of benzene rings is 1. The number of halogens is 3. The van der Waals surface area contributed by atoms with Gasteiger partial charge in [-0.05, 0) is 28.1 Å². The predicted molar refractivity (Wildman–Crippen MR) is 65.8 cm³/mol. The van der Waals surface area contributed by atoms with Crippen molar-refractivity contribution in [3.8, 4) is 0 Å². The molecule has 1 aromatic carbocycles.